The second kappa shape index (κ2) is 7.34. The molecule has 1 aromatic rings. The van der Waals surface area contributed by atoms with Crippen molar-refractivity contribution < 1.29 is 9.59 Å². The van der Waals surface area contributed by atoms with Gasteiger partial charge in [-0.05, 0) is 36.9 Å². The zero-order valence-electron chi connectivity index (χ0n) is 14.7. The number of carbonyl (C=O) groups excluding carboxylic acids is 2. The van der Waals surface area contributed by atoms with Crippen LogP contribution in [0, 0.1) is 6.92 Å². The second-order valence-corrected chi connectivity index (χ2v) is 6.96. The lowest BCUT2D eigenvalue weighted by atomic mass is 9.94. The van der Waals surface area contributed by atoms with Gasteiger partial charge in [-0.25, -0.2) is 0 Å². The Kier molecular flexibility index (Phi) is 5.19. The molecule has 0 N–H and O–H groups in total. The Labute approximate surface area is 144 Å². The summed E-state index contributed by atoms with van der Waals surface area (Å²) in [5.74, 6) is 0.833. The van der Waals surface area contributed by atoms with Crippen molar-refractivity contribution in [2.45, 2.75) is 26.2 Å². The van der Waals surface area contributed by atoms with Crippen LogP contribution in [0.4, 0.5) is 0 Å². The van der Waals surface area contributed by atoms with E-state index in [1.807, 2.05) is 9.80 Å². The number of hydrogen-bond acceptors (Lipinski definition) is 3. The highest BCUT2D eigenvalue weighted by atomic mass is 16.2. The van der Waals surface area contributed by atoms with Crippen LogP contribution in [-0.4, -0.2) is 72.3 Å². The first-order chi connectivity index (χ1) is 11.5. The molecule has 0 bridgehead atoms. The SMILES string of the molecule is CC(=O)N1CCN(C(=O)CN2CC[C@H](c3ccccc3C)C2)CC1. The molecule has 0 unspecified atom stereocenters. The van der Waals surface area contributed by atoms with Crippen molar-refractivity contribution in [3.05, 3.63) is 35.4 Å². The van der Waals surface area contributed by atoms with Gasteiger partial charge in [0.15, 0.2) is 0 Å². The van der Waals surface area contributed by atoms with E-state index in [9.17, 15) is 9.59 Å². The summed E-state index contributed by atoms with van der Waals surface area (Å²) in [6, 6.07) is 8.56. The smallest absolute Gasteiger partial charge is 0.236 e. The molecule has 0 aromatic heterocycles. The monoisotopic (exact) mass is 329 g/mol. The van der Waals surface area contributed by atoms with Gasteiger partial charge in [0.1, 0.15) is 0 Å². The van der Waals surface area contributed by atoms with Crippen LogP contribution in [0.5, 0.6) is 0 Å². The summed E-state index contributed by atoms with van der Waals surface area (Å²) in [5, 5.41) is 0. The molecule has 5 nitrogen and oxygen atoms in total. The molecular weight excluding hydrogens is 302 g/mol. The van der Waals surface area contributed by atoms with Crippen LogP contribution in [-0.2, 0) is 9.59 Å². The van der Waals surface area contributed by atoms with Crippen LogP contribution in [0.3, 0.4) is 0 Å². The highest BCUT2D eigenvalue weighted by Gasteiger charge is 2.28. The van der Waals surface area contributed by atoms with Crippen LogP contribution in [0.2, 0.25) is 0 Å². The second-order valence-electron chi connectivity index (χ2n) is 6.96. The predicted octanol–water partition coefficient (Wildman–Crippen LogP) is 1.48. The average molecular weight is 329 g/mol. The summed E-state index contributed by atoms with van der Waals surface area (Å²) < 4.78 is 0. The summed E-state index contributed by atoms with van der Waals surface area (Å²) in [7, 11) is 0. The summed E-state index contributed by atoms with van der Waals surface area (Å²) in [6.07, 6.45) is 1.12. The van der Waals surface area contributed by atoms with Gasteiger partial charge >= 0.3 is 0 Å². The van der Waals surface area contributed by atoms with Crippen molar-refractivity contribution >= 4 is 11.8 Å². The van der Waals surface area contributed by atoms with E-state index in [2.05, 4.69) is 36.1 Å². The molecule has 0 aliphatic carbocycles. The van der Waals surface area contributed by atoms with Gasteiger partial charge in [-0.1, -0.05) is 24.3 Å². The molecule has 0 saturated carbocycles. The van der Waals surface area contributed by atoms with E-state index >= 15 is 0 Å². The largest absolute Gasteiger partial charge is 0.339 e. The Morgan fingerprint density at radius 1 is 1.04 bits per heavy atom. The van der Waals surface area contributed by atoms with Gasteiger partial charge in [0.05, 0.1) is 6.54 Å². The molecule has 130 valence electrons. The standard InChI is InChI=1S/C19H27N3O2/c1-15-5-3-4-6-18(15)17-7-8-20(13-17)14-19(24)22-11-9-21(10-12-22)16(2)23/h3-6,17H,7-14H2,1-2H3/t17-/m0/s1. The first-order valence-corrected chi connectivity index (χ1v) is 8.86. The fourth-order valence-electron chi connectivity index (χ4n) is 3.84. The molecule has 2 heterocycles. The highest BCUT2D eigenvalue weighted by Crippen LogP contribution is 2.29. The Hall–Kier alpha value is -1.88. The van der Waals surface area contributed by atoms with Crippen molar-refractivity contribution in [1.82, 2.24) is 14.7 Å². The molecule has 0 radical (unpaired) electrons. The van der Waals surface area contributed by atoms with E-state index in [-0.39, 0.29) is 11.8 Å². The van der Waals surface area contributed by atoms with E-state index in [4.69, 9.17) is 0 Å². The number of carbonyl (C=O) groups is 2. The summed E-state index contributed by atoms with van der Waals surface area (Å²) >= 11 is 0. The van der Waals surface area contributed by atoms with Crippen molar-refractivity contribution in [2.24, 2.45) is 0 Å². The molecule has 24 heavy (non-hydrogen) atoms. The number of rotatable bonds is 3. The number of amides is 2. The lowest BCUT2D eigenvalue weighted by Crippen LogP contribution is -2.52. The number of hydrogen-bond donors (Lipinski definition) is 0. The van der Waals surface area contributed by atoms with E-state index < -0.39 is 0 Å². The fraction of sp³-hybridized carbons (Fsp3) is 0.579. The maximum absolute atomic E-state index is 12.5. The number of benzene rings is 1. The van der Waals surface area contributed by atoms with Crippen LogP contribution in [0.25, 0.3) is 0 Å². The Morgan fingerprint density at radius 2 is 1.71 bits per heavy atom. The number of aryl methyl sites for hydroxylation is 1. The Morgan fingerprint density at radius 3 is 2.38 bits per heavy atom. The van der Waals surface area contributed by atoms with Gasteiger partial charge in [-0.15, -0.1) is 0 Å². The minimum atomic E-state index is 0.0997. The van der Waals surface area contributed by atoms with Crippen molar-refractivity contribution in [3.63, 3.8) is 0 Å². The third-order valence-electron chi connectivity index (χ3n) is 5.34. The molecule has 1 aromatic carbocycles. The van der Waals surface area contributed by atoms with E-state index in [1.54, 1.807) is 6.92 Å². The maximum Gasteiger partial charge on any atom is 0.236 e. The third-order valence-corrected chi connectivity index (χ3v) is 5.34. The summed E-state index contributed by atoms with van der Waals surface area (Å²) in [4.78, 5) is 29.9. The zero-order valence-corrected chi connectivity index (χ0v) is 14.7. The number of nitrogens with zero attached hydrogens (tertiary/aromatic N) is 3. The molecule has 2 amide bonds. The molecule has 5 heteroatoms. The zero-order chi connectivity index (χ0) is 17.1. The van der Waals surface area contributed by atoms with Gasteiger partial charge in [0.25, 0.3) is 0 Å². The van der Waals surface area contributed by atoms with Crippen molar-refractivity contribution in [1.29, 1.82) is 0 Å². The van der Waals surface area contributed by atoms with Gasteiger partial charge in [-0.3, -0.25) is 14.5 Å². The van der Waals surface area contributed by atoms with E-state index in [1.165, 1.54) is 11.1 Å². The Balaban J connectivity index is 1.50. The molecule has 3 rings (SSSR count). The van der Waals surface area contributed by atoms with Gasteiger partial charge in [0.2, 0.25) is 11.8 Å². The molecule has 2 saturated heterocycles. The van der Waals surface area contributed by atoms with E-state index in [0.29, 0.717) is 38.6 Å². The molecular formula is C19H27N3O2. The average Bonchev–Trinajstić information content (AvgIpc) is 3.03. The van der Waals surface area contributed by atoms with Gasteiger partial charge < -0.3 is 9.80 Å². The van der Waals surface area contributed by atoms with Crippen LogP contribution in [0.1, 0.15) is 30.4 Å². The van der Waals surface area contributed by atoms with E-state index in [0.717, 1.165) is 19.5 Å². The highest BCUT2D eigenvalue weighted by molar-refractivity contribution is 5.79. The first kappa shape index (κ1) is 17.0. The lowest BCUT2D eigenvalue weighted by molar-refractivity contribution is -0.139. The van der Waals surface area contributed by atoms with Gasteiger partial charge in [0, 0.05) is 39.6 Å². The molecule has 2 fully saturated rings. The van der Waals surface area contributed by atoms with Crippen molar-refractivity contribution in [3.8, 4) is 0 Å². The maximum atomic E-state index is 12.5. The fourth-order valence-corrected chi connectivity index (χ4v) is 3.84. The quantitative estimate of drug-likeness (QED) is 0.844. The number of piperazine rings is 1. The number of likely N-dealkylation sites (tertiary alicyclic amines) is 1. The van der Waals surface area contributed by atoms with Crippen molar-refractivity contribution in [2.75, 3.05) is 45.8 Å². The van der Waals surface area contributed by atoms with Crippen LogP contribution >= 0.6 is 0 Å². The molecule has 2 aliphatic rings. The summed E-state index contributed by atoms with van der Waals surface area (Å²) in [6.45, 7) is 8.84. The predicted molar refractivity (Wildman–Crippen MR) is 93.8 cm³/mol. The van der Waals surface area contributed by atoms with Crippen LogP contribution in [0.15, 0.2) is 24.3 Å². The minimum absolute atomic E-state index is 0.0997. The van der Waals surface area contributed by atoms with Crippen LogP contribution < -0.4 is 0 Å². The Bertz CT molecular complexity index is 608. The minimum Gasteiger partial charge on any atom is -0.339 e. The third kappa shape index (κ3) is 3.78. The van der Waals surface area contributed by atoms with Gasteiger partial charge in [-0.2, -0.15) is 0 Å². The summed E-state index contributed by atoms with van der Waals surface area (Å²) in [5.41, 5.74) is 2.76. The normalized spacial score (nSPS) is 22.0. The topological polar surface area (TPSA) is 43.9 Å². The lowest BCUT2D eigenvalue weighted by Gasteiger charge is -2.35. The first-order valence-electron chi connectivity index (χ1n) is 8.86. The molecule has 2 aliphatic heterocycles. The molecule has 1 atom stereocenters. The molecule has 0 spiro atoms.